The molecule has 3 aromatic heterocycles. The zero-order valence-corrected chi connectivity index (χ0v) is 26.0. The van der Waals surface area contributed by atoms with Crippen LogP contribution in [0.1, 0.15) is 47.6 Å². The Hall–Kier alpha value is -2.83. The zero-order chi connectivity index (χ0) is 32.1. The minimum Gasteiger partial charge on any atom is -0.286 e. The van der Waals surface area contributed by atoms with Crippen LogP contribution in [0.5, 0.6) is 0 Å². The van der Waals surface area contributed by atoms with Crippen LogP contribution < -0.4 is 37.3 Å². The summed E-state index contributed by atoms with van der Waals surface area (Å²) in [7, 11) is -9.89. The van der Waals surface area contributed by atoms with E-state index in [0.717, 1.165) is 36.7 Å². The van der Waals surface area contributed by atoms with E-state index >= 15 is 0 Å². The van der Waals surface area contributed by atoms with Crippen molar-refractivity contribution in [2.45, 2.75) is 54.3 Å². The summed E-state index contributed by atoms with van der Waals surface area (Å²) in [6, 6.07) is 16.1. The van der Waals surface area contributed by atoms with Crippen LogP contribution in [0.2, 0.25) is 0 Å². The van der Waals surface area contributed by atoms with Crippen molar-refractivity contribution in [3.05, 3.63) is 88.8 Å². The Morgan fingerprint density at radius 3 is 0.905 bits per heavy atom. The van der Waals surface area contributed by atoms with Crippen molar-refractivity contribution in [3.8, 4) is 12.1 Å². The second-order valence-corrected chi connectivity index (χ2v) is 9.34. The van der Waals surface area contributed by atoms with Gasteiger partial charge in [-0.05, 0) is 55.7 Å². The molecule has 1 radical (unpaired) electrons. The van der Waals surface area contributed by atoms with Crippen molar-refractivity contribution in [3.63, 3.8) is 0 Å². The monoisotopic (exact) mass is 668 g/mol. The Bertz CT molecular complexity index is 1030. The first-order valence-electron chi connectivity index (χ1n) is 11.2. The number of pyridine rings is 3. The van der Waals surface area contributed by atoms with Gasteiger partial charge in [-0.3, -0.25) is 19.9 Å². The van der Waals surface area contributed by atoms with Gasteiger partial charge in [0.15, 0.2) is 0 Å². The molecule has 0 saturated heterocycles. The summed E-state index contributed by atoms with van der Waals surface area (Å²) in [5.41, 5.74) is 6.71. The maximum atomic E-state index is 8.49. The van der Waals surface area contributed by atoms with Gasteiger partial charge in [-0.1, -0.05) is 18.2 Å². The molecule has 0 atom stereocenters. The van der Waals surface area contributed by atoms with E-state index in [2.05, 4.69) is 77.0 Å². The molecule has 0 bridgehead atoms. The average Bonchev–Trinajstić information content (AvgIpc) is 2.82. The van der Waals surface area contributed by atoms with Gasteiger partial charge >= 0.3 is 17.1 Å². The van der Waals surface area contributed by atoms with Crippen molar-refractivity contribution in [1.29, 1.82) is 10.5 Å². The molecule has 17 heteroatoms. The molecule has 0 aromatic carbocycles. The van der Waals surface area contributed by atoms with Gasteiger partial charge in [0.25, 0.3) is 0 Å². The fourth-order valence-corrected chi connectivity index (χ4v) is 2.63. The van der Waals surface area contributed by atoms with Gasteiger partial charge < -0.3 is 0 Å². The first kappa shape index (κ1) is 43.6. The standard InChI is InChI=1S/C21H24N4.2C2H3N.2ClHO4.Fe/c1-16-4-7-19(22-10-16)13-25(14-20-8-5-17(2)11-23-20)15-21-9-6-18(3)12-24-21;2*1-2-3;2*2-1(3,4)5;/h4-12H,13-15H2,1-3H3;2*1H3;2*(H,2,3,4,5);/q;;;;;+3/p-2. The summed E-state index contributed by atoms with van der Waals surface area (Å²) in [6.07, 6.45) is 5.76. The molecule has 0 N–H and O–H groups in total. The topological polar surface area (TPSA) is 274 Å². The van der Waals surface area contributed by atoms with Crippen molar-refractivity contribution in [2.75, 3.05) is 0 Å². The molecule has 3 heterocycles. The van der Waals surface area contributed by atoms with Gasteiger partial charge in [0, 0.05) is 52.1 Å². The van der Waals surface area contributed by atoms with Crippen molar-refractivity contribution in [1.82, 2.24) is 19.9 Å². The Balaban J connectivity index is -0.000000744. The number of aromatic nitrogens is 3. The number of hydrogen-bond donors (Lipinski definition) is 0. The second-order valence-electron chi connectivity index (χ2n) is 7.83. The first-order valence-corrected chi connectivity index (χ1v) is 13.7. The molecule has 0 spiro atoms. The Morgan fingerprint density at radius 1 is 0.571 bits per heavy atom. The molecule has 14 nitrogen and oxygen atoms in total. The summed E-state index contributed by atoms with van der Waals surface area (Å²) in [4.78, 5) is 16.0. The number of aryl methyl sites for hydroxylation is 3. The third kappa shape index (κ3) is 31.7. The first-order chi connectivity index (χ1) is 18.9. The van der Waals surface area contributed by atoms with Crippen LogP contribution in [0, 0.1) is 63.9 Å². The van der Waals surface area contributed by atoms with E-state index in [-0.39, 0.29) is 17.1 Å². The fraction of sp³-hybridized carbons (Fsp3) is 0.320. The number of nitriles is 2. The molecular weight excluding hydrogens is 639 g/mol. The second kappa shape index (κ2) is 23.7. The number of nitrogens with zero attached hydrogens (tertiary/aromatic N) is 6. The van der Waals surface area contributed by atoms with Gasteiger partial charge in [-0.25, -0.2) is 37.3 Å². The molecule has 0 aliphatic rings. The molecular formula is C25H30Cl2FeN6O8+. The van der Waals surface area contributed by atoms with E-state index in [1.165, 1.54) is 30.5 Å². The minimum absolute atomic E-state index is 0. The van der Waals surface area contributed by atoms with Crippen molar-refractivity contribution >= 4 is 0 Å². The SMILES string of the molecule is CC#N.CC#N.Cc1ccc(CN(Cc2ccc(C)cn2)Cc2ccc(C)cn2)nc1.[Fe+3].[O-][Cl+3]([O-])([O-])[O-].[O-][Cl+3]([O-])([O-])[O-]. The maximum absolute atomic E-state index is 8.49. The predicted octanol–water partition coefficient (Wildman–Crippen LogP) is -4.46. The summed E-state index contributed by atoms with van der Waals surface area (Å²) < 4.78 is 67.9. The Labute approximate surface area is 259 Å². The largest absolute Gasteiger partial charge is 3.00 e. The van der Waals surface area contributed by atoms with Crippen LogP contribution in [0.15, 0.2) is 55.0 Å². The van der Waals surface area contributed by atoms with E-state index < -0.39 is 20.5 Å². The van der Waals surface area contributed by atoms with Gasteiger partial charge in [0.05, 0.1) is 29.2 Å². The molecule has 3 aromatic rings. The van der Waals surface area contributed by atoms with Gasteiger partial charge in [0.1, 0.15) is 0 Å². The molecule has 0 fully saturated rings. The van der Waals surface area contributed by atoms with E-state index in [1.54, 1.807) is 12.1 Å². The zero-order valence-electron chi connectivity index (χ0n) is 23.4. The summed E-state index contributed by atoms with van der Waals surface area (Å²) in [6.45, 7) is 11.3. The van der Waals surface area contributed by atoms with E-state index in [4.69, 9.17) is 47.8 Å². The maximum Gasteiger partial charge on any atom is 3.00 e. The molecule has 0 saturated carbocycles. The average molecular weight is 669 g/mol. The number of halogens is 2. The minimum atomic E-state index is -4.94. The smallest absolute Gasteiger partial charge is 0.286 e. The van der Waals surface area contributed by atoms with E-state index in [0.29, 0.717) is 0 Å². The molecule has 0 amide bonds. The third-order valence-electron chi connectivity index (χ3n) is 4.07. The molecule has 3 rings (SSSR count). The van der Waals surface area contributed by atoms with Crippen LogP contribution in [0.4, 0.5) is 0 Å². The normalized spacial score (nSPS) is 9.81. The Morgan fingerprint density at radius 2 is 0.762 bits per heavy atom. The van der Waals surface area contributed by atoms with E-state index in [1.807, 2.05) is 18.6 Å². The van der Waals surface area contributed by atoms with E-state index in [9.17, 15) is 0 Å². The number of hydrogen-bond acceptors (Lipinski definition) is 14. The van der Waals surface area contributed by atoms with Crippen molar-refractivity contribution < 1.29 is 74.8 Å². The molecule has 0 aliphatic heterocycles. The molecule has 0 aliphatic carbocycles. The van der Waals surface area contributed by atoms with Crippen LogP contribution >= 0.6 is 0 Å². The molecule has 229 valence electrons. The van der Waals surface area contributed by atoms with Gasteiger partial charge in [-0.15, -0.1) is 20.5 Å². The Kier molecular flexibility index (Phi) is 24.6. The summed E-state index contributed by atoms with van der Waals surface area (Å²) in [5, 5.41) is 14.6. The van der Waals surface area contributed by atoms with Gasteiger partial charge in [0.2, 0.25) is 0 Å². The molecule has 0 unspecified atom stereocenters. The van der Waals surface area contributed by atoms with Crippen LogP contribution in [-0.2, 0) is 36.7 Å². The van der Waals surface area contributed by atoms with Crippen LogP contribution in [0.3, 0.4) is 0 Å². The van der Waals surface area contributed by atoms with Crippen molar-refractivity contribution in [2.24, 2.45) is 0 Å². The summed E-state index contributed by atoms with van der Waals surface area (Å²) >= 11 is 0. The molecule has 42 heavy (non-hydrogen) atoms. The van der Waals surface area contributed by atoms with Gasteiger partial charge in [-0.2, -0.15) is 10.5 Å². The predicted molar refractivity (Wildman–Crippen MR) is 122 cm³/mol. The third-order valence-corrected chi connectivity index (χ3v) is 4.07. The van der Waals surface area contributed by atoms with Crippen LogP contribution in [-0.4, -0.2) is 19.9 Å². The summed E-state index contributed by atoms with van der Waals surface area (Å²) in [5.74, 6) is 0. The fourth-order valence-electron chi connectivity index (χ4n) is 2.63. The number of rotatable bonds is 6. The quantitative estimate of drug-likeness (QED) is 0.224. The van der Waals surface area contributed by atoms with Crippen LogP contribution in [0.25, 0.3) is 0 Å².